The number of ether oxygens (including phenoxy) is 1. The number of anilines is 1. The quantitative estimate of drug-likeness (QED) is 0.911. The van der Waals surface area contributed by atoms with Gasteiger partial charge in [0.25, 0.3) is 0 Å². The molecule has 0 saturated heterocycles. The van der Waals surface area contributed by atoms with Crippen LogP contribution in [0.1, 0.15) is 64.8 Å². The summed E-state index contributed by atoms with van der Waals surface area (Å²) in [6.07, 6.45) is 5.12. The molecule has 0 bridgehead atoms. The zero-order valence-electron chi connectivity index (χ0n) is 14.3. The lowest BCUT2D eigenvalue weighted by Gasteiger charge is -2.28. The van der Waals surface area contributed by atoms with Crippen LogP contribution >= 0.6 is 0 Å². The Morgan fingerprint density at radius 2 is 1.90 bits per heavy atom. The van der Waals surface area contributed by atoms with E-state index in [1.165, 1.54) is 12.8 Å². The second-order valence-corrected chi connectivity index (χ2v) is 7.34. The number of nitrogens with zero attached hydrogens (tertiary/aromatic N) is 2. The summed E-state index contributed by atoms with van der Waals surface area (Å²) in [5, 5.41) is 3.16. The van der Waals surface area contributed by atoms with Crippen molar-refractivity contribution in [1.29, 1.82) is 0 Å². The number of aromatic nitrogens is 2. The lowest BCUT2D eigenvalue weighted by Crippen LogP contribution is -2.26. The Hall–Kier alpha value is -1.32. The van der Waals surface area contributed by atoms with Crippen molar-refractivity contribution in [2.24, 2.45) is 5.92 Å². The zero-order chi connectivity index (χ0) is 15.6. The van der Waals surface area contributed by atoms with Gasteiger partial charge in [-0.1, -0.05) is 34.1 Å². The van der Waals surface area contributed by atoms with Gasteiger partial charge in [-0.15, -0.1) is 0 Å². The Bertz CT molecular complexity index is 494. The van der Waals surface area contributed by atoms with Gasteiger partial charge in [0.2, 0.25) is 5.88 Å². The van der Waals surface area contributed by atoms with Crippen LogP contribution in [-0.4, -0.2) is 23.1 Å². The SMILES string of the molecule is CNc1nc(C(C)(C)C)nc(OC2CCCC(C)C2)c1C. The highest BCUT2D eigenvalue weighted by Crippen LogP contribution is 2.31. The molecule has 1 aliphatic rings. The number of hydrogen-bond acceptors (Lipinski definition) is 4. The summed E-state index contributed by atoms with van der Waals surface area (Å²) in [5.74, 6) is 3.19. The standard InChI is InChI=1S/C17H29N3O/c1-11-8-7-9-13(10-11)21-15-12(2)14(18-6)19-16(20-15)17(3,4)5/h11,13H,7-10H2,1-6H3,(H,18,19,20). The van der Waals surface area contributed by atoms with Crippen LogP contribution in [0.15, 0.2) is 0 Å². The van der Waals surface area contributed by atoms with E-state index in [0.29, 0.717) is 6.10 Å². The predicted octanol–water partition coefficient (Wildman–Crippen LogP) is 4.08. The minimum atomic E-state index is -0.0860. The second kappa shape index (κ2) is 6.20. The first-order chi connectivity index (χ1) is 9.81. The molecule has 2 rings (SSSR count). The van der Waals surface area contributed by atoms with Crippen molar-refractivity contribution in [3.8, 4) is 5.88 Å². The van der Waals surface area contributed by atoms with Crippen molar-refractivity contribution < 1.29 is 4.74 Å². The zero-order valence-corrected chi connectivity index (χ0v) is 14.3. The maximum atomic E-state index is 6.24. The fourth-order valence-electron chi connectivity index (χ4n) is 2.83. The van der Waals surface area contributed by atoms with Gasteiger partial charge in [0.05, 0.1) is 5.56 Å². The minimum Gasteiger partial charge on any atom is -0.474 e. The molecule has 0 radical (unpaired) electrons. The molecule has 2 atom stereocenters. The minimum absolute atomic E-state index is 0.0860. The molecular formula is C17H29N3O. The molecule has 4 heteroatoms. The van der Waals surface area contributed by atoms with Crippen molar-refractivity contribution in [2.75, 3.05) is 12.4 Å². The van der Waals surface area contributed by atoms with E-state index in [-0.39, 0.29) is 5.41 Å². The Morgan fingerprint density at radius 1 is 1.19 bits per heavy atom. The molecule has 0 aliphatic heterocycles. The molecule has 1 aromatic heterocycles. The predicted molar refractivity (Wildman–Crippen MR) is 87.1 cm³/mol. The van der Waals surface area contributed by atoms with Crippen LogP contribution in [0, 0.1) is 12.8 Å². The van der Waals surface area contributed by atoms with Gasteiger partial charge >= 0.3 is 0 Å². The van der Waals surface area contributed by atoms with E-state index in [9.17, 15) is 0 Å². The molecule has 1 N–H and O–H groups in total. The summed E-state index contributed by atoms with van der Waals surface area (Å²) in [5.41, 5.74) is 0.917. The third kappa shape index (κ3) is 3.86. The first kappa shape index (κ1) is 16.1. The Kier molecular flexibility index (Phi) is 4.74. The van der Waals surface area contributed by atoms with Crippen LogP contribution in [0.2, 0.25) is 0 Å². The summed E-state index contributed by atoms with van der Waals surface area (Å²) in [6.45, 7) is 10.7. The maximum Gasteiger partial charge on any atom is 0.222 e. The van der Waals surface area contributed by atoms with E-state index in [1.54, 1.807) is 0 Å². The topological polar surface area (TPSA) is 47.0 Å². The fraction of sp³-hybridized carbons (Fsp3) is 0.765. The second-order valence-electron chi connectivity index (χ2n) is 7.34. The van der Waals surface area contributed by atoms with Crippen LogP contribution in [-0.2, 0) is 5.41 Å². The molecule has 4 nitrogen and oxygen atoms in total. The number of nitrogens with one attached hydrogen (secondary N) is 1. The molecule has 0 amide bonds. The lowest BCUT2D eigenvalue weighted by atomic mass is 9.89. The average Bonchev–Trinajstić information content (AvgIpc) is 2.40. The third-order valence-electron chi connectivity index (χ3n) is 4.18. The molecule has 118 valence electrons. The molecule has 1 saturated carbocycles. The maximum absolute atomic E-state index is 6.24. The van der Waals surface area contributed by atoms with E-state index in [0.717, 1.165) is 41.8 Å². The van der Waals surface area contributed by atoms with Crippen LogP contribution < -0.4 is 10.1 Å². The summed E-state index contributed by atoms with van der Waals surface area (Å²) in [7, 11) is 1.90. The van der Waals surface area contributed by atoms with Gasteiger partial charge in [0.1, 0.15) is 17.7 Å². The van der Waals surface area contributed by atoms with Gasteiger partial charge in [-0.05, 0) is 32.1 Å². The van der Waals surface area contributed by atoms with E-state index in [1.807, 2.05) is 14.0 Å². The molecule has 2 unspecified atom stereocenters. The smallest absolute Gasteiger partial charge is 0.222 e. The van der Waals surface area contributed by atoms with Crippen LogP contribution in [0.5, 0.6) is 5.88 Å². The van der Waals surface area contributed by atoms with Crippen LogP contribution in [0.3, 0.4) is 0 Å². The van der Waals surface area contributed by atoms with Crippen LogP contribution in [0.25, 0.3) is 0 Å². The highest BCUT2D eigenvalue weighted by atomic mass is 16.5. The van der Waals surface area contributed by atoms with Crippen molar-refractivity contribution in [3.63, 3.8) is 0 Å². The molecule has 21 heavy (non-hydrogen) atoms. The van der Waals surface area contributed by atoms with Gasteiger partial charge < -0.3 is 10.1 Å². The first-order valence-electron chi connectivity index (χ1n) is 8.04. The van der Waals surface area contributed by atoms with Gasteiger partial charge in [-0.2, -0.15) is 4.98 Å². The summed E-state index contributed by atoms with van der Waals surface area (Å²) in [4.78, 5) is 9.33. The lowest BCUT2D eigenvalue weighted by molar-refractivity contribution is 0.122. The molecular weight excluding hydrogens is 262 g/mol. The molecule has 1 fully saturated rings. The average molecular weight is 291 g/mol. The molecule has 0 spiro atoms. The van der Waals surface area contributed by atoms with Gasteiger partial charge in [0, 0.05) is 12.5 Å². The number of hydrogen-bond donors (Lipinski definition) is 1. The van der Waals surface area contributed by atoms with Crippen molar-refractivity contribution in [3.05, 3.63) is 11.4 Å². The van der Waals surface area contributed by atoms with E-state index in [2.05, 4.69) is 38.0 Å². The largest absolute Gasteiger partial charge is 0.474 e. The summed E-state index contributed by atoms with van der Waals surface area (Å²) >= 11 is 0. The Balaban J connectivity index is 2.29. The van der Waals surface area contributed by atoms with Crippen LogP contribution in [0.4, 0.5) is 5.82 Å². The Labute approximate surface area is 128 Å². The monoisotopic (exact) mass is 291 g/mol. The van der Waals surface area contributed by atoms with Gasteiger partial charge in [0.15, 0.2) is 0 Å². The van der Waals surface area contributed by atoms with E-state index in [4.69, 9.17) is 9.72 Å². The Morgan fingerprint density at radius 3 is 2.48 bits per heavy atom. The first-order valence-corrected chi connectivity index (χ1v) is 8.04. The number of rotatable bonds is 3. The van der Waals surface area contributed by atoms with Gasteiger partial charge in [-0.25, -0.2) is 4.98 Å². The molecule has 1 aromatic rings. The third-order valence-corrected chi connectivity index (χ3v) is 4.18. The normalized spacial score (nSPS) is 23.0. The molecule has 0 aromatic carbocycles. The van der Waals surface area contributed by atoms with Crippen molar-refractivity contribution in [2.45, 2.75) is 71.8 Å². The van der Waals surface area contributed by atoms with E-state index < -0.39 is 0 Å². The van der Waals surface area contributed by atoms with Crippen molar-refractivity contribution in [1.82, 2.24) is 9.97 Å². The highest BCUT2D eigenvalue weighted by molar-refractivity contribution is 5.48. The summed E-state index contributed by atoms with van der Waals surface area (Å²) < 4.78 is 6.24. The van der Waals surface area contributed by atoms with Gasteiger partial charge in [-0.3, -0.25) is 0 Å². The van der Waals surface area contributed by atoms with E-state index >= 15 is 0 Å². The van der Waals surface area contributed by atoms with Crippen molar-refractivity contribution >= 4 is 5.82 Å². The summed E-state index contributed by atoms with van der Waals surface area (Å²) in [6, 6.07) is 0. The molecule has 1 aliphatic carbocycles. The highest BCUT2D eigenvalue weighted by Gasteiger charge is 2.25. The molecule has 1 heterocycles. The fourth-order valence-corrected chi connectivity index (χ4v) is 2.83.